The van der Waals surface area contributed by atoms with Crippen LogP contribution in [0.3, 0.4) is 0 Å². The molecule has 0 aliphatic rings. The molecule has 3 N–H and O–H groups in total. The van der Waals surface area contributed by atoms with Crippen molar-refractivity contribution in [1.82, 2.24) is 5.43 Å². The number of aldehydes is 1. The summed E-state index contributed by atoms with van der Waals surface area (Å²) in [4.78, 5) is 31.6. The van der Waals surface area contributed by atoms with E-state index in [1.807, 2.05) is 0 Å². The van der Waals surface area contributed by atoms with Crippen LogP contribution in [-0.2, 0) is 0 Å². The molecule has 78 valence electrons. The minimum Gasteiger partial charge on any atom is -0.298 e. The van der Waals surface area contributed by atoms with Crippen molar-refractivity contribution in [3.05, 3.63) is 39.4 Å². The predicted molar refractivity (Wildman–Crippen MR) is 50.1 cm³/mol. The van der Waals surface area contributed by atoms with Crippen molar-refractivity contribution in [3.8, 4) is 0 Å². The fourth-order valence-corrected chi connectivity index (χ4v) is 1.13. The van der Waals surface area contributed by atoms with Crippen LogP contribution in [0.1, 0.15) is 20.7 Å². The van der Waals surface area contributed by atoms with Gasteiger partial charge in [0, 0.05) is 11.6 Å². The molecule has 0 aliphatic carbocycles. The summed E-state index contributed by atoms with van der Waals surface area (Å²) in [6.07, 6.45) is 0.359. The quantitative estimate of drug-likeness (QED) is 0.239. The summed E-state index contributed by atoms with van der Waals surface area (Å²) in [5, 5.41) is 10.6. The number of hydrogen-bond donors (Lipinski definition) is 2. The van der Waals surface area contributed by atoms with Crippen molar-refractivity contribution in [3.63, 3.8) is 0 Å². The molecule has 0 spiro atoms. The number of rotatable bonds is 3. The average Bonchev–Trinajstić information content (AvgIpc) is 2.26. The van der Waals surface area contributed by atoms with Gasteiger partial charge in [-0.3, -0.25) is 25.1 Å². The Bertz CT molecular complexity index is 430. The Labute approximate surface area is 84.0 Å². The molecule has 7 nitrogen and oxygen atoms in total. The largest absolute Gasteiger partial charge is 0.298 e. The fourth-order valence-electron chi connectivity index (χ4n) is 1.13. The van der Waals surface area contributed by atoms with E-state index < -0.39 is 16.5 Å². The van der Waals surface area contributed by atoms with Crippen LogP contribution >= 0.6 is 0 Å². The Morgan fingerprint density at radius 1 is 1.53 bits per heavy atom. The van der Waals surface area contributed by atoms with Gasteiger partial charge in [0.2, 0.25) is 0 Å². The third-order valence-electron chi connectivity index (χ3n) is 1.76. The van der Waals surface area contributed by atoms with Crippen molar-refractivity contribution >= 4 is 17.9 Å². The lowest BCUT2D eigenvalue weighted by Gasteiger charge is -2.03. The molecule has 0 unspecified atom stereocenters. The summed E-state index contributed by atoms with van der Waals surface area (Å²) in [6, 6.07) is 3.73. The molecule has 7 heteroatoms. The molecule has 0 saturated heterocycles. The first-order valence-electron chi connectivity index (χ1n) is 3.85. The molecule has 1 aromatic rings. The minimum absolute atomic E-state index is 0.0767. The molecule has 0 radical (unpaired) electrons. The van der Waals surface area contributed by atoms with Crippen LogP contribution in [0.4, 0.5) is 5.69 Å². The number of carbonyl (C=O) groups excluding carboxylic acids is 2. The first-order valence-corrected chi connectivity index (χ1v) is 3.85. The average molecular weight is 209 g/mol. The van der Waals surface area contributed by atoms with Crippen LogP contribution in [0.25, 0.3) is 0 Å². The SMILES string of the molecule is NNC(=O)c1c(C=O)cccc1[N+](=O)[O-]. The van der Waals surface area contributed by atoms with E-state index in [1.165, 1.54) is 12.1 Å². The summed E-state index contributed by atoms with van der Waals surface area (Å²) in [5.74, 6) is 3.99. The third-order valence-corrected chi connectivity index (χ3v) is 1.76. The molecule has 1 amide bonds. The minimum atomic E-state index is -0.871. The van der Waals surface area contributed by atoms with Crippen molar-refractivity contribution in [1.29, 1.82) is 0 Å². The van der Waals surface area contributed by atoms with Gasteiger partial charge < -0.3 is 0 Å². The van der Waals surface area contributed by atoms with Crippen molar-refractivity contribution in [2.75, 3.05) is 0 Å². The van der Waals surface area contributed by atoms with E-state index in [0.717, 1.165) is 6.07 Å². The molecule has 1 rings (SSSR count). The first kappa shape index (κ1) is 10.8. The number of benzene rings is 1. The summed E-state index contributed by atoms with van der Waals surface area (Å²) < 4.78 is 0. The van der Waals surface area contributed by atoms with Crippen molar-refractivity contribution in [2.45, 2.75) is 0 Å². The standard InChI is InChI=1S/C8H7N3O4/c9-10-8(13)7-5(4-12)2-1-3-6(7)11(14)15/h1-4H,9H2,(H,10,13). The van der Waals surface area contributed by atoms with Gasteiger partial charge in [-0.15, -0.1) is 0 Å². The zero-order valence-electron chi connectivity index (χ0n) is 7.47. The highest BCUT2D eigenvalue weighted by Gasteiger charge is 2.22. The van der Waals surface area contributed by atoms with E-state index in [1.54, 1.807) is 5.43 Å². The number of nitro benzene ring substituents is 1. The smallest absolute Gasteiger partial charge is 0.282 e. The van der Waals surface area contributed by atoms with Gasteiger partial charge in [-0.05, 0) is 0 Å². The molecule has 0 aromatic heterocycles. The lowest BCUT2D eigenvalue weighted by atomic mass is 10.1. The maximum atomic E-state index is 11.2. The second-order valence-corrected chi connectivity index (χ2v) is 2.59. The summed E-state index contributed by atoms with van der Waals surface area (Å²) >= 11 is 0. The fraction of sp³-hybridized carbons (Fsp3) is 0. The number of nitrogen functional groups attached to an aromatic ring is 1. The van der Waals surface area contributed by atoms with Crippen LogP contribution < -0.4 is 11.3 Å². The first-order chi connectivity index (χ1) is 7.11. The van der Waals surface area contributed by atoms with Gasteiger partial charge in [-0.2, -0.15) is 0 Å². The molecule has 0 aliphatic heterocycles. The van der Waals surface area contributed by atoms with Crippen LogP contribution in [0.2, 0.25) is 0 Å². The highest BCUT2D eigenvalue weighted by Crippen LogP contribution is 2.20. The Hall–Kier alpha value is -2.28. The summed E-state index contributed by atoms with van der Waals surface area (Å²) in [6.45, 7) is 0. The molecular formula is C8H7N3O4. The van der Waals surface area contributed by atoms with Gasteiger partial charge in [0.25, 0.3) is 11.6 Å². The third kappa shape index (κ3) is 1.97. The van der Waals surface area contributed by atoms with E-state index >= 15 is 0 Å². The second kappa shape index (κ2) is 4.29. The zero-order chi connectivity index (χ0) is 11.4. The molecule has 15 heavy (non-hydrogen) atoms. The number of carbonyl (C=O) groups is 2. The molecule has 1 aromatic carbocycles. The van der Waals surface area contributed by atoms with E-state index in [4.69, 9.17) is 5.84 Å². The molecular weight excluding hydrogens is 202 g/mol. The summed E-state index contributed by atoms with van der Waals surface area (Å²) in [7, 11) is 0. The molecule has 0 heterocycles. The lowest BCUT2D eigenvalue weighted by molar-refractivity contribution is -0.385. The number of hydrogen-bond acceptors (Lipinski definition) is 5. The molecule has 0 bridgehead atoms. The number of nitrogens with two attached hydrogens (primary N) is 1. The van der Waals surface area contributed by atoms with Gasteiger partial charge in [0.1, 0.15) is 5.56 Å². The molecule has 0 saturated carbocycles. The number of nitro groups is 1. The summed E-state index contributed by atoms with van der Waals surface area (Å²) in [5.41, 5.74) is 0.883. The topological polar surface area (TPSA) is 115 Å². The van der Waals surface area contributed by atoms with Gasteiger partial charge in [0.05, 0.1) is 4.92 Å². The van der Waals surface area contributed by atoms with E-state index in [2.05, 4.69) is 0 Å². The number of nitrogens with zero attached hydrogens (tertiary/aromatic N) is 1. The van der Waals surface area contributed by atoms with Crippen LogP contribution in [0.15, 0.2) is 18.2 Å². The Morgan fingerprint density at radius 3 is 2.67 bits per heavy atom. The van der Waals surface area contributed by atoms with Gasteiger partial charge >= 0.3 is 0 Å². The van der Waals surface area contributed by atoms with Gasteiger partial charge in [-0.25, -0.2) is 5.84 Å². The van der Waals surface area contributed by atoms with Gasteiger partial charge in [0.15, 0.2) is 6.29 Å². The maximum Gasteiger partial charge on any atom is 0.282 e. The number of amides is 1. The zero-order valence-corrected chi connectivity index (χ0v) is 7.47. The lowest BCUT2D eigenvalue weighted by Crippen LogP contribution is -2.31. The van der Waals surface area contributed by atoms with Crippen molar-refractivity contribution in [2.24, 2.45) is 5.84 Å². The van der Waals surface area contributed by atoms with Crippen LogP contribution in [0, 0.1) is 10.1 Å². The maximum absolute atomic E-state index is 11.2. The van der Waals surface area contributed by atoms with Crippen LogP contribution in [0.5, 0.6) is 0 Å². The Morgan fingerprint density at radius 2 is 2.20 bits per heavy atom. The monoisotopic (exact) mass is 209 g/mol. The van der Waals surface area contributed by atoms with Crippen molar-refractivity contribution < 1.29 is 14.5 Å². The number of nitrogens with one attached hydrogen (secondary N) is 1. The molecule has 0 fully saturated rings. The highest BCUT2D eigenvalue weighted by molar-refractivity contribution is 6.04. The van der Waals surface area contributed by atoms with E-state index in [0.29, 0.717) is 6.29 Å². The second-order valence-electron chi connectivity index (χ2n) is 2.59. The van der Waals surface area contributed by atoms with E-state index in [-0.39, 0.29) is 11.1 Å². The Kier molecular flexibility index (Phi) is 3.09. The highest BCUT2D eigenvalue weighted by atomic mass is 16.6. The van der Waals surface area contributed by atoms with E-state index in [9.17, 15) is 19.7 Å². The number of hydrazine groups is 1. The van der Waals surface area contributed by atoms with Gasteiger partial charge in [-0.1, -0.05) is 12.1 Å². The Balaban J connectivity index is 3.46. The van der Waals surface area contributed by atoms with Crippen LogP contribution in [-0.4, -0.2) is 17.1 Å². The molecule has 0 atom stereocenters. The predicted octanol–water partition coefficient (Wildman–Crippen LogP) is 0.0108. The normalized spacial score (nSPS) is 9.40.